The Kier molecular flexibility index (Phi) is 10.1. The average molecular weight is 546 g/mol. The SMILES string of the molecule is CCN(CC)CCOc1ccc2c(c1)C(=NNc1ccccc1[N+](=O)[O-])c1cc(OCCN(CC)CC)ccc1-2. The van der Waals surface area contributed by atoms with Crippen molar-refractivity contribution in [3.8, 4) is 22.6 Å². The fourth-order valence-electron chi connectivity index (χ4n) is 4.86. The highest BCUT2D eigenvalue weighted by molar-refractivity contribution is 6.25. The van der Waals surface area contributed by atoms with Gasteiger partial charge in [0.1, 0.15) is 30.4 Å². The van der Waals surface area contributed by atoms with Gasteiger partial charge in [-0.3, -0.25) is 15.5 Å². The van der Waals surface area contributed by atoms with Crippen LogP contribution < -0.4 is 14.9 Å². The molecular formula is C31H39N5O4. The van der Waals surface area contributed by atoms with E-state index < -0.39 is 4.92 Å². The molecule has 0 radical (unpaired) electrons. The van der Waals surface area contributed by atoms with Crippen LogP contribution in [0, 0.1) is 10.1 Å². The van der Waals surface area contributed by atoms with Gasteiger partial charge in [0.2, 0.25) is 0 Å². The molecule has 0 amide bonds. The normalized spacial score (nSPS) is 11.9. The van der Waals surface area contributed by atoms with Crippen molar-refractivity contribution in [3.05, 3.63) is 81.9 Å². The maximum Gasteiger partial charge on any atom is 0.294 e. The number of para-hydroxylation sites is 2. The van der Waals surface area contributed by atoms with Crippen LogP contribution in [0.25, 0.3) is 11.1 Å². The molecule has 4 rings (SSSR count). The lowest BCUT2D eigenvalue weighted by atomic mass is 10.1. The van der Waals surface area contributed by atoms with Gasteiger partial charge >= 0.3 is 0 Å². The molecule has 3 aromatic carbocycles. The molecule has 1 aliphatic rings. The third kappa shape index (κ3) is 6.78. The highest BCUT2D eigenvalue weighted by atomic mass is 16.6. The second kappa shape index (κ2) is 13.9. The molecule has 0 aliphatic heterocycles. The largest absolute Gasteiger partial charge is 0.492 e. The van der Waals surface area contributed by atoms with Gasteiger partial charge in [0.05, 0.1) is 10.6 Å². The van der Waals surface area contributed by atoms with Gasteiger partial charge in [-0.2, -0.15) is 5.10 Å². The first-order valence-electron chi connectivity index (χ1n) is 14.1. The summed E-state index contributed by atoms with van der Waals surface area (Å²) in [5.74, 6) is 1.51. The number of hydrogen-bond donors (Lipinski definition) is 1. The smallest absolute Gasteiger partial charge is 0.294 e. The molecule has 0 unspecified atom stereocenters. The van der Waals surface area contributed by atoms with E-state index in [1.807, 2.05) is 24.3 Å². The van der Waals surface area contributed by atoms with Crippen LogP contribution in [-0.4, -0.2) is 72.9 Å². The summed E-state index contributed by atoms with van der Waals surface area (Å²) >= 11 is 0. The number of anilines is 1. The van der Waals surface area contributed by atoms with Crippen molar-refractivity contribution in [1.82, 2.24) is 9.80 Å². The average Bonchev–Trinajstić information content (AvgIpc) is 3.28. The molecule has 0 saturated carbocycles. The van der Waals surface area contributed by atoms with Crippen LogP contribution >= 0.6 is 0 Å². The zero-order valence-corrected chi connectivity index (χ0v) is 23.9. The summed E-state index contributed by atoms with van der Waals surface area (Å²) < 4.78 is 12.2. The van der Waals surface area contributed by atoms with E-state index in [0.29, 0.717) is 24.6 Å². The Morgan fingerprint density at radius 2 is 1.25 bits per heavy atom. The molecule has 1 aliphatic carbocycles. The van der Waals surface area contributed by atoms with Crippen molar-refractivity contribution in [3.63, 3.8) is 0 Å². The van der Waals surface area contributed by atoms with Crippen LogP contribution in [0.15, 0.2) is 65.8 Å². The number of nitrogens with zero attached hydrogens (tertiary/aromatic N) is 4. The fraction of sp³-hybridized carbons (Fsp3) is 0.387. The minimum absolute atomic E-state index is 0.0349. The van der Waals surface area contributed by atoms with E-state index in [4.69, 9.17) is 14.6 Å². The molecule has 0 atom stereocenters. The van der Waals surface area contributed by atoms with Crippen molar-refractivity contribution in [2.24, 2.45) is 5.10 Å². The van der Waals surface area contributed by atoms with Crippen molar-refractivity contribution >= 4 is 17.1 Å². The first kappa shape index (κ1) is 29.0. The molecular weight excluding hydrogens is 506 g/mol. The number of fused-ring (bicyclic) bond motifs is 3. The number of nitro benzene ring substituents is 1. The molecule has 212 valence electrons. The monoisotopic (exact) mass is 545 g/mol. The lowest BCUT2D eigenvalue weighted by molar-refractivity contribution is -0.384. The van der Waals surface area contributed by atoms with E-state index in [-0.39, 0.29) is 5.69 Å². The van der Waals surface area contributed by atoms with Gasteiger partial charge < -0.3 is 19.3 Å². The van der Waals surface area contributed by atoms with Crippen LogP contribution in [0.5, 0.6) is 11.5 Å². The molecule has 0 fully saturated rings. The minimum atomic E-state index is -0.414. The summed E-state index contributed by atoms with van der Waals surface area (Å²) in [7, 11) is 0. The number of ether oxygens (including phenoxy) is 2. The molecule has 0 bridgehead atoms. The summed E-state index contributed by atoms with van der Waals surface area (Å²) in [5.41, 5.74) is 7.81. The fourth-order valence-corrected chi connectivity index (χ4v) is 4.86. The number of hydrazone groups is 1. The zero-order valence-electron chi connectivity index (χ0n) is 23.9. The minimum Gasteiger partial charge on any atom is -0.492 e. The van der Waals surface area contributed by atoms with Gasteiger partial charge in [0, 0.05) is 30.3 Å². The first-order chi connectivity index (χ1) is 19.5. The number of nitrogens with one attached hydrogen (secondary N) is 1. The Balaban J connectivity index is 1.64. The van der Waals surface area contributed by atoms with E-state index in [1.54, 1.807) is 18.2 Å². The quantitative estimate of drug-likeness (QED) is 0.147. The lowest BCUT2D eigenvalue weighted by Crippen LogP contribution is -2.27. The van der Waals surface area contributed by atoms with Crippen molar-refractivity contribution in [2.45, 2.75) is 27.7 Å². The maximum absolute atomic E-state index is 11.6. The van der Waals surface area contributed by atoms with Crippen molar-refractivity contribution < 1.29 is 14.4 Å². The van der Waals surface area contributed by atoms with Crippen LogP contribution in [0.1, 0.15) is 38.8 Å². The predicted molar refractivity (Wildman–Crippen MR) is 161 cm³/mol. The highest BCUT2D eigenvalue weighted by Gasteiger charge is 2.27. The van der Waals surface area contributed by atoms with E-state index in [9.17, 15) is 10.1 Å². The van der Waals surface area contributed by atoms with Crippen molar-refractivity contribution in [1.29, 1.82) is 0 Å². The molecule has 1 N–H and O–H groups in total. The number of rotatable bonds is 15. The third-order valence-corrected chi connectivity index (χ3v) is 7.31. The summed E-state index contributed by atoms with van der Waals surface area (Å²) in [6.07, 6.45) is 0. The van der Waals surface area contributed by atoms with Crippen molar-refractivity contribution in [2.75, 3.05) is 57.9 Å². The summed E-state index contributed by atoms with van der Waals surface area (Å²) in [4.78, 5) is 15.8. The second-order valence-corrected chi connectivity index (χ2v) is 9.51. The molecule has 0 spiro atoms. The van der Waals surface area contributed by atoms with Crippen LogP contribution in [-0.2, 0) is 0 Å². The Bertz CT molecular complexity index is 1270. The van der Waals surface area contributed by atoms with E-state index in [0.717, 1.165) is 73.0 Å². The van der Waals surface area contributed by atoms with Crippen LogP contribution in [0.4, 0.5) is 11.4 Å². The molecule has 0 aromatic heterocycles. The predicted octanol–water partition coefficient (Wildman–Crippen LogP) is 5.88. The summed E-state index contributed by atoms with van der Waals surface area (Å²) in [6.45, 7) is 15.3. The van der Waals surface area contributed by atoms with Gasteiger partial charge in [-0.1, -0.05) is 39.8 Å². The highest BCUT2D eigenvalue weighted by Crippen LogP contribution is 2.40. The Morgan fingerprint density at radius 3 is 1.73 bits per heavy atom. The Morgan fingerprint density at radius 1 is 0.750 bits per heavy atom. The molecule has 0 saturated heterocycles. The van der Waals surface area contributed by atoms with E-state index in [1.165, 1.54) is 6.07 Å². The number of benzene rings is 3. The Hall–Kier alpha value is -3.95. The first-order valence-corrected chi connectivity index (χ1v) is 14.1. The lowest BCUT2D eigenvalue weighted by Gasteiger charge is -2.18. The molecule has 9 heteroatoms. The topological polar surface area (TPSA) is 92.5 Å². The molecule has 3 aromatic rings. The number of nitro groups is 1. The Labute approximate surface area is 236 Å². The second-order valence-electron chi connectivity index (χ2n) is 9.51. The van der Waals surface area contributed by atoms with Gasteiger partial charge in [0.15, 0.2) is 0 Å². The maximum atomic E-state index is 11.6. The van der Waals surface area contributed by atoms with E-state index in [2.05, 4.69) is 55.1 Å². The van der Waals surface area contributed by atoms with Gasteiger partial charge in [-0.25, -0.2) is 0 Å². The van der Waals surface area contributed by atoms with E-state index >= 15 is 0 Å². The molecule has 9 nitrogen and oxygen atoms in total. The summed E-state index contributed by atoms with van der Waals surface area (Å²) in [5, 5.41) is 16.3. The van der Waals surface area contributed by atoms with Crippen LogP contribution in [0.2, 0.25) is 0 Å². The van der Waals surface area contributed by atoms with Crippen LogP contribution in [0.3, 0.4) is 0 Å². The van der Waals surface area contributed by atoms with Gasteiger partial charge in [-0.15, -0.1) is 0 Å². The number of likely N-dealkylation sites (N-methyl/N-ethyl adjacent to an activating group) is 2. The third-order valence-electron chi connectivity index (χ3n) is 7.31. The van der Waals surface area contributed by atoms with Gasteiger partial charge in [0.25, 0.3) is 5.69 Å². The van der Waals surface area contributed by atoms with Gasteiger partial charge in [-0.05, 0) is 79.8 Å². The zero-order chi connectivity index (χ0) is 28.5. The standard InChI is InChI=1S/C31H39N5O4/c1-5-34(6-2)17-19-39-23-13-15-25-26-16-14-24(40-20-18-35(7-3)8-4)22-28(26)31(27(25)21-23)33-32-29-11-9-10-12-30(29)36(37)38/h9-16,21-22,32H,5-8,17-20H2,1-4H3. The molecule has 0 heterocycles. The number of hydrogen-bond acceptors (Lipinski definition) is 8. The summed E-state index contributed by atoms with van der Waals surface area (Å²) in [6, 6.07) is 18.6. The molecule has 40 heavy (non-hydrogen) atoms.